The first-order valence-corrected chi connectivity index (χ1v) is 9.95. The number of aryl methyl sites for hydroxylation is 1. The van der Waals surface area contributed by atoms with Crippen LogP contribution in [0.2, 0.25) is 0 Å². The van der Waals surface area contributed by atoms with Gasteiger partial charge in [-0.05, 0) is 31.5 Å². The topological polar surface area (TPSA) is 76.5 Å². The Labute approximate surface area is 175 Å². The summed E-state index contributed by atoms with van der Waals surface area (Å²) in [7, 11) is 0. The zero-order valence-electron chi connectivity index (χ0n) is 17.0. The Hall–Kier alpha value is -3.61. The number of fused-ring (bicyclic) bond motifs is 1. The standard InChI is InChI=1S/C23H24N4O3/c1-16-7-9-18(10-8-16)15-27-21(11-13-24-27)25-22(28)12-14-26-19-5-3-4-6-20(19)30-17(2)23(26)29/h3-11,13,17H,12,14-15H2,1-2H3,(H,25,28)/t17-/m0/s1. The molecule has 2 amide bonds. The highest BCUT2D eigenvalue weighted by Gasteiger charge is 2.31. The molecule has 1 aliphatic rings. The Morgan fingerprint density at radius 2 is 1.90 bits per heavy atom. The molecular weight excluding hydrogens is 380 g/mol. The summed E-state index contributed by atoms with van der Waals surface area (Å²) in [4.78, 5) is 26.8. The van der Waals surface area contributed by atoms with Crippen LogP contribution in [0.25, 0.3) is 0 Å². The van der Waals surface area contributed by atoms with Gasteiger partial charge in [-0.2, -0.15) is 5.10 Å². The highest BCUT2D eigenvalue weighted by molar-refractivity contribution is 6.00. The molecule has 0 saturated heterocycles. The summed E-state index contributed by atoms with van der Waals surface area (Å²) in [5.41, 5.74) is 2.99. The van der Waals surface area contributed by atoms with Crippen LogP contribution in [-0.2, 0) is 16.1 Å². The van der Waals surface area contributed by atoms with E-state index in [9.17, 15) is 9.59 Å². The molecule has 4 rings (SSSR count). The number of nitrogens with one attached hydrogen (secondary N) is 1. The molecule has 30 heavy (non-hydrogen) atoms. The van der Waals surface area contributed by atoms with E-state index in [-0.39, 0.29) is 24.8 Å². The third-order valence-electron chi connectivity index (χ3n) is 5.07. The summed E-state index contributed by atoms with van der Waals surface area (Å²) in [5.74, 6) is 0.958. The van der Waals surface area contributed by atoms with E-state index in [1.807, 2.05) is 43.3 Å². The van der Waals surface area contributed by atoms with E-state index in [1.165, 1.54) is 5.56 Å². The number of ether oxygens (including phenoxy) is 1. The Kier molecular flexibility index (Phi) is 5.52. The molecule has 2 aromatic carbocycles. The fourth-order valence-electron chi connectivity index (χ4n) is 3.44. The van der Waals surface area contributed by atoms with Crippen LogP contribution in [0.15, 0.2) is 60.8 Å². The molecule has 7 nitrogen and oxygen atoms in total. The zero-order valence-corrected chi connectivity index (χ0v) is 17.0. The second-order valence-corrected chi connectivity index (χ2v) is 7.38. The molecule has 0 unspecified atom stereocenters. The summed E-state index contributed by atoms with van der Waals surface area (Å²) >= 11 is 0. The maximum absolute atomic E-state index is 12.6. The zero-order chi connectivity index (χ0) is 21.1. The largest absolute Gasteiger partial charge is 0.479 e. The molecule has 1 atom stereocenters. The maximum Gasteiger partial charge on any atom is 0.267 e. The van der Waals surface area contributed by atoms with Crippen molar-refractivity contribution in [3.63, 3.8) is 0 Å². The summed E-state index contributed by atoms with van der Waals surface area (Å²) in [6.45, 7) is 4.61. The van der Waals surface area contributed by atoms with Crippen LogP contribution >= 0.6 is 0 Å². The van der Waals surface area contributed by atoms with Crippen LogP contribution in [-0.4, -0.2) is 34.2 Å². The summed E-state index contributed by atoms with van der Waals surface area (Å²) in [6, 6.07) is 17.3. The van der Waals surface area contributed by atoms with E-state index >= 15 is 0 Å². The van der Waals surface area contributed by atoms with E-state index in [0.29, 0.717) is 23.8 Å². The molecule has 0 fully saturated rings. The van der Waals surface area contributed by atoms with Gasteiger partial charge < -0.3 is 15.0 Å². The van der Waals surface area contributed by atoms with Crippen molar-refractivity contribution in [3.05, 3.63) is 71.9 Å². The minimum Gasteiger partial charge on any atom is -0.479 e. The van der Waals surface area contributed by atoms with Crippen LogP contribution in [0.3, 0.4) is 0 Å². The molecule has 3 aromatic rings. The van der Waals surface area contributed by atoms with Gasteiger partial charge in [0.1, 0.15) is 11.6 Å². The fraction of sp³-hybridized carbons (Fsp3) is 0.261. The van der Waals surface area contributed by atoms with Crippen LogP contribution in [0.5, 0.6) is 5.75 Å². The molecule has 2 heterocycles. The van der Waals surface area contributed by atoms with E-state index < -0.39 is 6.10 Å². The van der Waals surface area contributed by atoms with Crippen molar-refractivity contribution in [1.29, 1.82) is 0 Å². The molecule has 0 radical (unpaired) electrons. The van der Waals surface area contributed by atoms with Crippen molar-refractivity contribution >= 4 is 23.3 Å². The number of para-hydroxylation sites is 2. The highest BCUT2D eigenvalue weighted by atomic mass is 16.5. The molecule has 154 valence electrons. The summed E-state index contributed by atoms with van der Waals surface area (Å²) in [6.07, 6.45) is 1.26. The lowest BCUT2D eigenvalue weighted by Crippen LogP contribution is -2.45. The van der Waals surface area contributed by atoms with E-state index in [1.54, 1.807) is 28.8 Å². The van der Waals surface area contributed by atoms with Crippen molar-refractivity contribution in [3.8, 4) is 5.75 Å². The molecule has 1 aliphatic heterocycles. The quantitative estimate of drug-likeness (QED) is 0.683. The number of amides is 2. The van der Waals surface area contributed by atoms with E-state index in [4.69, 9.17) is 4.74 Å². The summed E-state index contributed by atoms with van der Waals surface area (Å²) in [5, 5.41) is 7.21. The number of nitrogens with zero attached hydrogens (tertiary/aromatic N) is 3. The lowest BCUT2D eigenvalue weighted by molar-refractivity contribution is -0.125. The van der Waals surface area contributed by atoms with Gasteiger partial charge in [0.2, 0.25) is 5.91 Å². The number of benzene rings is 2. The monoisotopic (exact) mass is 404 g/mol. The Morgan fingerprint density at radius 1 is 1.13 bits per heavy atom. The third kappa shape index (κ3) is 4.20. The van der Waals surface area contributed by atoms with Gasteiger partial charge in [-0.1, -0.05) is 42.0 Å². The average Bonchev–Trinajstić information content (AvgIpc) is 3.16. The fourth-order valence-corrected chi connectivity index (χ4v) is 3.44. The lowest BCUT2D eigenvalue weighted by Gasteiger charge is -2.32. The van der Waals surface area contributed by atoms with Gasteiger partial charge in [-0.3, -0.25) is 9.59 Å². The Balaban J connectivity index is 1.40. The predicted molar refractivity (Wildman–Crippen MR) is 115 cm³/mol. The summed E-state index contributed by atoms with van der Waals surface area (Å²) < 4.78 is 7.39. The van der Waals surface area contributed by atoms with Crippen LogP contribution < -0.4 is 15.0 Å². The third-order valence-corrected chi connectivity index (χ3v) is 5.07. The molecule has 0 aliphatic carbocycles. The molecule has 1 aromatic heterocycles. The first-order chi connectivity index (χ1) is 14.5. The molecule has 1 N–H and O–H groups in total. The number of anilines is 2. The number of hydrogen-bond acceptors (Lipinski definition) is 4. The predicted octanol–water partition coefficient (Wildman–Crippen LogP) is 3.38. The van der Waals surface area contributed by atoms with Gasteiger partial charge in [0.05, 0.1) is 18.4 Å². The number of aromatic nitrogens is 2. The van der Waals surface area contributed by atoms with Crippen LogP contribution in [0, 0.1) is 6.92 Å². The minimum atomic E-state index is -0.570. The molecule has 0 saturated carbocycles. The number of carbonyl (C=O) groups is 2. The molecular formula is C23H24N4O3. The van der Waals surface area contributed by atoms with Crippen molar-refractivity contribution in [2.45, 2.75) is 32.9 Å². The van der Waals surface area contributed by atoms with Crippen molar-refractivity contribution in [2.24, 2.45) is 0 Å². The van der Waals surface area contributed by atoms with Gasteiger partial charge in [-0.15, -0.1) is 0 Å². The maximum atomic E-state index is 12.6. The number of rotatable bonds is 6. The van der Waals surface area contributed by atoms with Gasteiger partial charge in [-0.25, -0.2) is 4.68 Å². The number of hydrogen-bond donors (Lipinski definition) is 1. The highest BCUT2D eigenvalue weighted by Crippen LogP contribution is 2.33. The van der Waals surface area contributed by atoms with E-state index in [0.717, 1.165) is 5.56 Å². The minimum absolute atomic E-state index is 0.147. The van der Waals surface area contributed by atoms with Gasteiger partial charge in [0.15, 0.2) is 6.10 Å². The van der Waals surface area contributed by atoms with Gasteiger partial charge >= 0.3 is 0 Å². The molecule has 0 bridgehead atoms. The average molecular weight is 404 g/mol. The normalized spacial score (nSPS) is 15.5. The SMILES string of the molecule is Cc1ccc(Cn2nccc2NC(=O)CCN2C(=O)[C@H](C)Oc3ccccc32)cc1. The second kappa shape index (κ2) is 8.41. The smallest absolute Gasteiger partial charge is 0.267 e. The molecule has 7 heteroatoms. The Morgan fingerprint density at radius 3 is 2.70 bits per heavy atom. The lowest BCUT2D eigenvalue weighted by atomic mass is 10.1. The Bertz CT molecular complexity index is 1060. The molecule has 0 spiro atoms. The van der Waals surface area contributed by atoms with Crippen molar-refractivity contribution in [2.75, 3.05) is 16.8 Å². The van der Waals surface area contributed by atoms with Crippen LogP contribution in [0.1, 0.15) is 24.5 Å². The van der Waals surface area contributed by atoms with Crippen LogP contribution in [0.4, 0.5) is 11.5 Å². The van der Waals surface area contributed by atoms with E-state index in [2.05, 4.69) is 22.5 Å². The van der Waals surface area contributed by atoms with Gasteiger partial charge in [0, 0.05) is 19.0 Å². The van der Waals surface area contributed by atoms with Crippen molar-refractivity contribution < 1.29 is 14.3 Å². The first-order valence-electron chi connectivity index (χ1n) is 9.95. The first kappa shape index (κ1) is 19.7. The second-order valence-electron chi connectivity index (χ2n) is 7.38. The number of carbonyl (C=O) groups excluding carboxylic acids is 2. The van der Waals surface area contributed by atoms with Crippen molar-refractivity contribution in [1.82, 2.24) is 9.78 Å². The van der Waals surface area contributed by atoms with Gasteiger partial charge in [0.25, 0.3) is 5.91 Å².